The van der Waals surface area contributed by atoms with Gasteiger partial charge in [0.15, 0.2) is 0 Å². The minimum Gasteiger partial charge on any atom is -0.348 e. The molecule has 0 spiro atoms. The van der Waals surface area contributed by atoms with Crippen molar-refractivity contribution in [2.45, 2.75) is 246 Å². The molecule has 0 fully saturated rings. The second kappa shape index (κ2) is 48.1. The first-order valence-corrected chi connectivity index (χ1v) is 28.3. The predicted molar refractivity (Wildman–Crippen MR) is 299 cm³/mol. The van der Waals surface area contributed by atoms with Crippen LogP contribution < -0.4 is 0 Å². The quantitative estimate of drug-likeness (QED) is 0.00821. The van der Waals surface area contributed by atoms with Crippen molar-refractivity contribution in [3.8, 4) is 0 Å². The summed E-state index contributed by atoms with van der Waals surface area (Å²) in [6.45, 7) is 8.89. The number of unbranched alkanes of at least 4 members (excludes halogenated alkanes) is 28. The summed E-state index contributed by atoms with van der Waals surface area (Å²) in [6, 6.07) is 43.5. The third kappa shape index (κ3) is 35.2. The summed E-state index contributed by atoms with van der Waals surface area (Å²) in [4.78, 5) is 3.34. The van der Waals surface area contributed by atoms with Gasteiger partial charge in [0.2, 0.25) is 0 Å². The Morgan fingerprint density at radius 3 is 1.01 bits per heavy atom. The molecule has 0 atom stereocenters. The molecule has 0 amide bonds. The van der Waals surface area contributed by atoms with Gasteiger partial charge in [0.1, 0.15) is 0 Å². The van der Waals surface area contributed by atoms with Crippen molar-refractivity contribution in [2.24, 2.45) is 0 Å². The Kier molecular flexibility index (Phi) is 44.2. The summed E-state index contributed by atoms with van der Waals surface area (Å²) in [5.41, 5.74) is 18.3. The summed E-state index contributed by atoms with van der Waals surface area (Å²) in [7, 11) is 0. The van der Waals surface area contributed by atoms with Crippen LogP contribution >= 0.6 is 0 Å². The fourth-order valence-corrected chi connectivity index (χ4v) is 9.18. The SMILES string of the molecule is CCCCCCCCCCCCCCCCCCCCCCCCCc1cccc(C(=C(CCCC)C(C)=C=[N+]=[N-])c2cccc(CCCCCCCC)c2)c1.[Pd+2].[c-]1ccccc1.[c-]1ccccc1. The molecule has 3 heteroatoms. The number of rotatable bonds is 37. The van der Waals surface area contributed by atoms with Gasteiger partial charge < -0.3 is 5.53 Å². The molecule has 4 aromatic rings. The Bertz CT molecular complexity index is 1750. The molecule has 0 saturated carbocycles. The van der Waals surface area contributed by atoms with Gasteiger partial charge in [-0.3, -0.25) is 0 Å². The topological polar surface area (TPSA) is 36.4 Å². The smallest absolute Gasteiger partial charge is 0.348 e. The molecule has 0 aromatic heterocycles. The van der Waals surface area contributed by atoms with Gasteiger partial charge in [-0.25, -0.2) is 0 Å². The number of allylic oxidation sites excluding steroid dienone is 2. The van der Waals surface area contributed by atoms with E-state index in [1.54, 1.807) is 0 Å². The van der Waals surface area contributed by atoms with Crippen molar-refractivity contribution >= 4 is 11.4 Å². The Balaban J connectivity index is 0.00000158. The zero-order valence-electron chi connectivity index (χ0n) is 44.6. The minimum absolute atomic E-state index is 0. The van der Waals surface area contributed by atoms with Gasteiger partial charge in [-0.2, -0.15) is 72.8 Å². The molecule has 0 bridgehead atoms. The van der Waals surface area contributed by atoms with E-state index in [2.05, 4.69) is 99.0 Å². The molecule has 0 heterocycles. The van der Waals surface area contributed by atoms with Crippen LogP contribution in [0.15, 0.2) is 120 Å². The zero-order valence-corrected chi connectivity index (χ0v) is 46.2. The Morgan fingerprint density at radius 1 is 0.420 bits per heavy atom. The van der Waals surface area contributed by atoms with Crippen LogP contribution in [0.1, 0.15) is 255 Å². The molecule has 0 N–H and O–H groups in total. The van der Waals surface area contributed by atoms with E-state index < -0.39 is 0 Å². The fourth-order valence-electron chi connectivity index (χ4n) is 9.18. The first-order chi connectivity index (χ1) is 33.6. The van der Waals surface area contributed by atoms with Crippen LogP contribution in [0, 0.1) is 12.1 Å². The number of aryl methyl sites for hydroxylation is 2. The van der Waals surface area contributed by atoms with E-state index in [0.717, 1.165) is 37.7 Å². The average Bonchev–Trinajstić information content (AvgIpc) is 3.38. The Morgan fingerprint density at radius 2 is 0.739 bits per heavy atom. The number of benzene rings is 4. The molecule has 382 valence electrons. The van der Waals surface area contributed by atoms with Gasteiger partial charge in [0.25, 0.3) is 0 Å². The van der Waals surface area contributed by atoms with Crippen molar-refractivity contribution in [1.29, 1.82) is 0 Å². The summed E-state index contributed by atoms with van der Waals surface area (Å²) in [5.74, 6) is 2.90. The first-order valence-electron chi connectivity index (χ1n) is 28.3. The van der Waals surface area contributed by atoms with Crippen LogP contribution in [0.4, 0.5) is 0 Å². The molecule has 0 radical (unpaired) electrons. The largest absolute Gasteiger partial charge is 2.00 e. The van der Waals surface area contributed by atoms with Gasteiger partial charge in [-0.05, 0) is 78.8 Å². The van der Waals surface area contributed by atoms with Crippen molar-refractivity contribution in [3.63, 3.8) is 0 Å². The van der Waals surface area contributed by atoms with Gasteiger partial charge in [-0.15, -0.1) is 4.79 Å². The predicted octanol–water partition coefficient (Wildman–Crippen LogP) is 20.9. The summed E-state index contributed by atoms with van der Waals surface area (Å²) >= 11 is 0. The second-order valence-electron chi connectivity index (χ2n) is 19.4. The molecule has 69 heavy (non-hydrogen) atoms. The van der Waals surface area contributed by atoms with Crippen molar-refractivity contribution < 1.29 is 25.2 Å². The standard InChI is InChI=1S/C54H88N2.2C6H5.Pd/c1-5-8-11-13-15-16-17-18-19-20-21-22-23-24-25-26-27-28-29-30-31-33-35-39-50-41-37-43-52(46-50)54(53(44-10-7-3)48(4)47-56-55)51-42-36-40-49(45-51)38-34-32-14-12-9-6-2;2*1-2-4-6-5-3-1;/h36-37,40-43,45-46H,5-35,38-39,44H2,1-4H3;2*1-5H;/q;2*-1;+2. The summed E-state index contributed by atoms with van der Waals surface area (Å²) in [5, 5.41) is 0. The van der Waals surface area contributed by atoms with E-state index in [0.29, 0.717) is 0 Å². The Hall–Kier alpha value is -3.56. The van der Waals surface area contributed by atoms with E-state index >= 15 is 0 Å². The second-order valence-corrected chi connectivity index (χ2v) is 19.4. The van der Waals surface area contributed by atoms with Gasteiger partial charge in [0, 0.05) is 0 Å². The monoisotopic (exact) mass is 1020 g/mol. The molecule has 0 aliphatic rings. The summed E-state index contributed by atoms with van der Waals surface area (Å²) in [6.07, 6.45) is 46.2. The molecule has 0 aliphatic carbocycles. The van der Waals surface area contributed by atoms with Crippen LogP contribution in [0.3, 0.4) is 0 Å². The molecule has 0 unspecified atom stereocenters. The maximum atomic E-state index is 9.47. The molecular weight excluding hydrogens is 927 g/mol. The normalized spacial score (nSPS) is 10.9. The average molecular weight is 1030 g/mol. The van der Waals surface area contributed by atoms with E-state index in [-0.39, 0.29) is 20.4 Å². The van der Waals surface area contributed by atoms with E-state index in [1.165, 1.54) is 220 Å². The minimum atomic E-state index is 0. The van der Waals surface area contributed by atoms with E-state index in [1.807, 2.05) is 60.7 Å². The van der Waals surface area contributed by atoms with Crippen LogP contribution in [0.5, 0.6) is 0 Å². The molecule has 4 rings (SSSR count). The number of hydrogen-bond donors (Lipinski definition) is 0. The fraction of sp³-hybridized carbons (Fsp3) is 0.576. The van der Waals surface area contributed by atoms with E-state index in [9.17, 15) is 5.53 Å². The summed E-state index contributed by atoms with van der Waals surface area (Å²) < 4.78 is 0. The van der Waals surface area contributed by atoms with Crippen molar-refractivity contribution in [2.75, 3.05) is 0 Å². The number of nitrogens with zero attached hydrogens (tertiary/aromatic N) is 2. The van der Waals surface area contributed by atoms with Gasteiger partial charge >= 0.3 is 26.3 Å². The molecule has 0 saturated heterocycles. The van der Waals surface area contributed by atoms with Crippen LogP contribution in [0.2, 0.25) is 0 Å². The van der Waals surface area contributed by atoms with Crippen molar-refractivity contribution in [1.82, 2.24) is 0 Å². The first kappa shape index (κ1) is 63.5. The number of hydrogen-bond acceptors (Lipinski definition) is 0. The van der Waals surface area contributed by atoms with Crippen LogP contribution in [-0.2, 0) is 33.3 Å². The maximum Gasteiger partial charge on any atom is 2.00 e. The molecule has 4 aromatic carbocycles. The van der Waals surface area contributed by atoms with Gasteiger partial charge in [-0.1, -0.05) is 249 Å². The third-order valence-corrected chi connectivity index (χ3v) is 13.3. The zero-order chi connectivity index (χ0) is 48.6. The van der Waals surface area contributed by atoms with Gasteiger partial charge in [0.05, 0.1) is 5.57 Å². The molecule has 2 nitrogen and oxygen atoms in total. The molecular formula is C66H98N2Pd. The van der Waals surface area contributed by atoms with Crippen LogP contribution in [-0.4, -0.2) is 10.7 Å². The van der Waals surface area contributed by atoms with Crippen LogP contribution in [0.25, 0.3) is 11.1 Å². The van der Waals surface area contributed by atoms with Crippen molar-refractivity contribution in [3.05, 3.63) is 160 Å². The maximum absolute atomic E-state index is 9.47. The third-order valence-electron chi connectivity index (χ3n) is 13.3. The van der Waals surface area contributed by atoms with E-state index in [4.69, 9.17) is 0 Å². The Labute approximate surface area is 440 Å². The molecule has 0 aliphatic heterocycles.